The van der Waals surface area contributed by atoms with E-state index in [9.17, 15) is 4.79 Å². The van der Waals surface area contributed by atoms with Crippen LogP contribution in [0.4, 0.5) is 10.6 Å². The number of carbonyl (C=O) groups is 1. The largest absolute Gasteiger partial charge is 0.444 e. The highest BCUT2D eigenvalue weighted by Crippen LogP contribution is 2.18. The molecule has 102 valence electrons. The molecule has 0 spiro atoms. The molecule has 0 atom stereocenters. The number of ether oxygens (including phenoxy) is 1. The maximum absolute atomic E-state index is 11.8. The summed E-state index contributed by atoms with van der Waals surface area (Å²) in [5.41, 5.74) is 0.979. The molecule has 0 fully saturated rings. The summed E-state index contributed by atoms with van der Waals surface area (Å²) >= 11 is 2.15. The third-order valence-corrected chi connectivity index (χ3v) is 2.95. The van der Waals surface area contributed by atoms with Crippen LogP contribution < -0.4 is 5.32 Å². The zero-order chi connectivity index (χ0) is 14.2. The van der Waals surface area contributed by atoms with Crippen molar-refractivity contribution in [2.75, 3.05) is 5.32 Å². The quantitative estimate of drug-likeness (QED) is 0.780. The number of fused-ring (bicyclic) bond motifs is 1. The predicted octanol–water partition coefficient (Wildman–Crippen LogP) is 2.99. The molecular weight excluding hydrogens is 359 g/mol. The Kier molecular flexibility index (Phi) is 3.66. The molecular formula is C12H15IN4O2. The van der Waals surface area contributed by atoms with Gasteiger partial charge in [0, 0.05) is 11.8 Å². The molecule has 0 saturated carbocycles. The summed E-state index contributed by atoms with van der Waals surface area (Å²) in [6.07, 6.45) is 1.19. The Balaban J connectivity index is 2.33. The first kappa shape index (κ1) is 14.0. The van der Waals surface area contributed by atoms with E-state index in [0.29, 0.717) is 11.5 Å². The van der Waals surface area contributed by atoms with Crippen molar-refractivity contribution >= 4 is 40.1 Å². The van der Waals surface area contributed by atoms with Gasteiger partial charge in [0.2, 0.25) is 0 Å². The molecule has 0 saturated heterocycles. The first-order chi connectivity index (χ1) is 8.76. The highest BCUT2D eigenvalue weighted by molar-refractivity contribution is 14.1. The minimum absolute atomic E-state index is 0.509. The third-order valence-electron chi connectivity index (χ3n) is 2.19. The molecule has 7 heteroatoms. The number of aromatic nitrogens is 3. The average molecular weight is 374 g/mol. The Bertz CT molecular complexity index is 630. The van der Waals surface area contributed by atoms with Crippen LogP contribution in [0.3, 0.4) is 0 Å². The van der Waals surface area contributed by atoms with Crippen molar-refractivity contribution in [1.82, 2.24) is 14.6 Å². The average Bonchev–Trinajstić information content (AvgIpc) is 2.57. The maximum atomic E-state index is 11.8. The molecule has 0 aromatic carbocycles. The van der Waals surface area contributed by atoms with Gasteiger partial charge in [-0.15, -0.1) is 0 Å². The lowest BCUT2D eigenvalue weighted by molar-refractivity contribution is 0.0635. The number of nitrogens with one attached hydrogen (secondary N) is 1. The van der Waals surface area contributed by atoms with Crippen molar-refractivity contribution in [3.63, 3.8) is 0 Å². The topological polar surface area (TPSA) is 68.5 Å². The normalized spacial score (nSPS) is 11.6. The summed E-state index contributed by atoms with van der Waals surface area (Å²) in [6, 6.07) is 1.75. The van der Waals surface area contributed by atoms with Gasteiger partial charge in [0.15, 0.2) is 5.65 Å². The lowest BCUT2D eigenvalue weighted by Crippen LogP contribution is -2.28. The standard InChI is InChI=1S/C12H15IN4O2/c1-7-5-9(16-11(18)19-12(2,3)4)17-10(15-7)8(13)6-14-17/h5-6H,1-4H3,(H,16,18). The monoisotopic (exact) mass is 374 g/mol. The van der Waals surface area contributed by atoms with Gasteiger partial charge < -0.3 is 4.74 Å². The highest BCUT2D eigenvalue weighted by Gasteiger charge is 2.18. The molecule has 2 heterocycles. The molecule has 6 nitrogen and oxygen atoms in total. The van der Waals surface area contributed by atoms with Gasteiger partial charge >= 0.3 is 6.09 Å². The fraction of sp³-hybridized carbons (Fsp3) is 0.417. The molecule has 2 rings (SSSR count). The van der Waals surface area contributed by atoms with E-state index in [1.165, 1.54) is 0 Å². The highest BCUT2D eigenvalue weighted by atomic mass is 127. The van der Waals surface area contributed by atoms with Crippen LogP contribution in [0.25, 0.3) is 5.65 Å². The van der Waals surface area contributed by atoms with Crippen molar-refractivity contribution in [3.05, 3.63) is 21.5 Å². The third kappa shape index (κ3) is 3.34. The number of hydrogen-bond acceptors (Lipinski definition) is 4. The Hall–Kier alpha value is -1.38. The number of halogens is 1. The van der Waals surface area contributed by atoms with Crippen LogP contribution in [0.2, 0.25) is 0 Å². The molecule has 0 aliphatic carbocycles. The Morgan fingerprint density at radius 1 is 1.47 bits per heavy atom. The van der Waals surface area contributed by atoms with Crippen molar-refractivity contribution in [2.24, 2.45) is 0 Å². The van der Waals surface area contributed by atoms with Gasteiger partial charge in [-0.1, -0.05) is 0 Å². The van der Waals surface area contributed by atoms with E-state index >= 15 is 0 Å². The lowest BCUT2D eigenvalue weighted by atomic mass is 10.2. The van der Waals surface area contributed by atoms with E-state index in [1.807, 2.05) is 27.7 Å². The second kappa shape index (κ2) is 4.95. The van der Waals surface area contributed by atoms with Crippen LogP contribution in [0.1, 0.15) is 26.5 Å². The predicted molar refractivity (Wildman–Crippen MR) is 80.3 cm³/mol. The minimum atomic E-state index is -0.538. The molecule has 0 bridgehead atoms. The van der Waals surface area contributed by atoms with Crippen LogP contribution in [-0.4, -0.2) is 26.3 Å². The second-order valence-electron chi connectivity index (χ2n) is 5.14. The van der Waals surface area contributed by atoms with Gasteiger partial charge in [-0.3, -0.25) is 5.32 Å². The first-order valence-corrected chi connectivity index (χ1v) is 6.85. The molecule has 1 N–H and O–H groups in total. The number of amides is 1. The summed E-state index contributed by atoms with van der Waals surface area (Å²) < 4.78 is 7.73. The zero-order valence-corrected chi connectivity index (χ0v) is 13.3. The second-order valence-corrected chi connectivity index (χ2v) is 6.30. The zero-order valence-electron chi connectivity index (χ0n) is 11.2. The van der Waals surface area contributed by atoms with Crippen LogP contribution in [0.5, 0.6) is 0 Å². The molecule has 1 amide bonds. The molecule has 0 aliphatic rings. The van der Waals surface area contributed by atoms with E-state index in [1.54, 1.807) is 16.8 Å². The van der Waals surface area contributed by atoms with E-state index < -0.39 is 11.7 Å². The Labute approximate surface area is 124 Å². The number of rotatable bonds is 1. The number of nitrogens with zero attached hydrogens (tertiary/aromatic N) is 3. The fourth-order valence-electron chi connectivity index (χ4n) is 1.55. The van der Waals surface area contributed by atoms with Crippen LogP contribution in [0.15, 0.2) is 12.3 Å². The van der Waals surface area contributed by atoms with Crippen LogP contribution in [0, 0.1) is 10.5 Å². The van der Waals surface area contributed by atoms with Gasteiger partial charge in [0.25, 0.3) is 0 Å². The molecule has 19 heavy (non-hydrogen) atoms. The lowest BCUT2D eigenvalue weighted by Gasteiger charge is -2.19. The van der Waals surface area contributed by atoms with Gasteiger partial charge in [0.1, 0.15) is 11.4 Å². The van der Waals surface area contributed by atoms with Gasteiger partial charge in [-0.25, -0.2) is 9.78 Å². The van der Waals surface area contributed by atoms with Gasteiger partial charge in [-0.2, -0.15) is 9.61 Å². The molecule has 0 unspecified atom stereocenters. The van der Waals surface area contributed by atoms with Gasteiger partial charge in [-0.05, 0) is 50.3 Å². The summed E-state index contributed by atoms with van der Waals surface area (Å²) in [6.45, 7) is 7.31. The van der Waals surface area contributed by atoms with Crippen molar-refractivity contribution in [1.29, 1.82) is 0 Å². The van der Waals surface area contributed by atoms with E-state index in [0.717, 1.165) is 9.26 Å². The number of anilines is 1. The Morgan fingerprint density at radius 3 is 2.79 bits per heavy atom. The Morgan fingerprint density at radius 2 is 2.16 bits per heavy atom. The summed E-state index contributed by atoms with van der Waals surface area (Å²) in [5.74, 6) is 0.541. The van der Waals surface area contributed by atoms with Crippen LogP contribution in [-0.2, 0) is 4.74 Å². The van der Waals surface area contributed by atoms with Crippen molar-refractivity contribution < 1.29 is 9.53 Å². The molecule has 0 radical (unpaired) electrons. The first-order valence-electron chi connectivity index (χ1n) is 5.77. The summed E-state index contributed by atoms with van der Waals surface area (Å²) in [4.78, 5) is 16.2. The fourth-order valence-corrected chi connectivity index (χ4v) is 2.03. The maximum Gasteiger partial charge on any atom is 0.413 e. The molecule has 0 aliphatic heterocycles. The van der Waals surface area contributed by atoms with Gasteiger partial charge in [0.05, 0.1) is 9.77 Å². The molecule has 2 aromatic rings. The van der Waals surface area contributed by atoms with E-state index in [4.69, 9.17) is 4.74 Å². The van der Waals surface area contributed by atoms with Crippen LogP contribution >= 0.6 is 22.6 Å². The summed E-state index contributed by atoms with van der Waals surface area (Å²) in [7, 11) is 0. The number of hydrogen-bond donors (Lipinski definition) is 1. The number of carbonyl (C=O) groups excluding carboxylic acids is 1. The van der Waals surface area contributed by atoms with E-state index in [2.05, 4.69) is 38.0 Å². The molecule has 2 aromatic heterocycles. The number of aryl methyl sites for hydroxylation is 1. The minimum Gasteiger partial charge on any atom is -0.444 e. The van der Waals surface area contributed by atoms with Crippen molar-refractivity contribution in [2.45, 2.75) is 33.3 Å². The summed E-state index contributed by atoms with van der Waals surface area (Å²) in [5, 5.41) is 6.88. The smallest absolute Gasteiger partial charge is 0.413 e. The van der Waals surface area contributed by atoms with E-state index in [-0.39, 0.29) is 0 Å². The SMILES string of the molecule is Cc1cc(NC(=O)OC(C)(C)C)n2ncc(I)c2n1. The van der Waals surface area contributed by atoms with Crippen molar-refractivity contribution in [3.8, 4) is 0 Å².